The van der Waals surface area contributed by atoms with E-state index in [0.29, 0.717) is 11.6 Å². The van der Waals surface area contributed by atoms with Crippen LogP contribution in [0.4, 0.5) is 5.00 Å². The Morgan fingerprint density at radius 2 is 2.00 bits per heavy atom. The van der Waals surface area contributed by atoms with Crippen molar-refractivity contribution in [3.8, 4) is 11.8 Å². The second-order valence-corrected chi connectivity index (χ2v) is 11.7. The number of nitrogens with one attached hydrogen (secondary N) is 1. The summed E-state index contributed by atoms with van der Waals surface area (Å²) in [5.74, 6) is 0.861. The average Bonchev–Trinajstić information content (AvgIpc) is 3.39. The Balaban J connectivity index is 1.48. The molecule has 4 aromatic rings. The van der Waals surface area contributed by atoms with Gasteiger partial charge in [-0.25, -0.2) is 4.98 Å². The van der Waals surface area contributed by atoms with Gasteiger partial charge in [0.05, 0.1) is 22.4 Å². The SMILES string of the molecule is CCOc1ccc2nc(SC(Nc3sc4c(c3C#N)CCCC4)c3ccc(Cl)cc3)sc2c1. The molecule has 2 heterocycles. The molecule has 0 radical (unpaired) electrons. The summed E-state index contributed by atoms with van der Waals surface area (Å²) in [7, 11) is 0. The van der Waals surface area contributed by atoms with Gasteiger partial charge in [-0.15, -0.1) is 22.7 Å². The number of hydrogen-bond donors (Lipinski definition) is 1. The van der Waals surface area contributed by atoms with Crippen molar-refractivity contribution in [2.24, 2.45) is 0 Å². The zero-order chi connectivity index (χ0) is 22.8. The predicted molar refractivity (Wildman–Crippen MR) is 140 cm³/mol. The molecule has 0 bridgehead atoms. The summed E-state index contributed by atoms with van der Waals surface area (Å²) in [6.07, 6.45) is 4.41. The van der Waals surface area contributed by atoms with Gasteiger partial charge >= 0.3 is 0 Å². The molecule has 1 N–H and O–H groups in total. The van der Waals surface area contributed by atoms with Gasteiger partial charge < -0.3 is 10.1 Å². The third-order valence-electron chi connectivity index (χ3n) is 5.59. The summed E-state index contributed by atoms with van der Waals surface area (Å²) in [6, 6.07) is 16.4. The number of ether oxygens (including phenoxy) is 1. The molecule has 0 saturated heterocycles. The van der Waals surface area contributed by atoms with Crippen LogP contribution in [0.2, 0.25) is 5.02 Å². The van der Waals surface area contributed by atoms with Crippen molar-refractivity contribution in [2.45, 2.75) is 42.3 Å². The molecule has 0 fully saturated rings. The van der Waals surface area contributed by atoms with E-state index >= 15 is 0 Å². The zero-order valence-corrected chi connectivity index (χ0v) is 21.3. The van der Waals surface area contributed by atoms with Crippen LogP contribution in [0.25, 0.3) is 10.2 Å². The molecule has 2 aromatic heterocycles. The first kappa shape index (κ1) is 22.5. The normalized spacial score (nSPS) is 14.0. The minimum atomic E-state index is -0.0959. The van der Waals surface area contributed by atoms with E-state index < -0.39 is 0 Å². The fourth-order valence-corrected chi connectivity index (χ4v) is 7.78. The minimum Gasteiger partial charge on any atom is -0.494 e. The monoisotopic (exact) mass is 511 g/mol. The summed E-state index contributed by atoms with van der Waals surface area (Å²) in [5.41, 5.74) is 4.10. The van der Waals surface area contributed by atoms with E-state index in [1.807, 2.05) is 49.4 Å². The summed E-state index contributed by atoms with van der Waals surface area (Å²) in [5, 5.41) is 15.1. The van der Waals surface area contributed by atoms with Crippen molar-refractivity contribution in [1.82, 2.24) is 4.98 Å². The number of hydrogen-bond acceptors (Lipinski definition) is 7. The molecule has 0 spiro atoms. The zero-order valence-electron chi connectivity index (χ0n) is 18.1. The highest BCUT2D eigenvalue weighted by molar-refractivity contribution is 8.01. The third-order valence-corrected chi connectivity index (χ3v) is 9.33. The van der Waals surface area contributed by atoms with E-state index in [-0.39, 0.29) is 5.37 Å². The minimum absolute atomic E-state index is 0.0959. The maximum absolute atomic E-state index is 9.91. The van der Waals surface area contributed by atoms with Gasteiger partial charge in [-0.05, 0) is 74.1 Å². The van der Waals surface area contributed by atoms with E-state index in [1.165, 1.54) is 16.9 Å². The average molecular weight is 512 g/mol. The number of benzene rings is 2. The van der Waals surface area contributed by atoms with Crippen LogP contribution in [0.5, 0.6) is 5.75 Å². The van der Waals surface area contributed by atoms with Crippen LogP contribution in [0, 0.1) is 11.3 Å². The molecule has 1 unspecified atom stereocenters. The van der Waals surface area contributed by atoms with Crippen molar-refractivity contribution in [3.63, 3.8) is 0 Å². The summed E-state index contributed by atoms with van der Waals surface area (Å²) in [4.78, 5) is 6.19. The van der Waals surface area contributed by atoms with Gasteiger partial charge in [0, 0.05) is 9.90 Å². The van der Waals surface area contributed by atoms with Crippen LogP contribution < -0.4 is 10.1 Å². The molecule has 2 aromatic carbocycles. The molecule has 1 aliphatic rings. The Bertz CT molecular complexity index is 1320. The number of anilines is 1. The number of aryl methyl sites for hydroxylation is 1. The Hall–Kier alpha value is -2.24. The van der Waals surface area contributed by atoms with Gasteiger partial charge in [-0.2, -0.15) is 5.26 Å². The molecule has 0 aliphatic heterocycles. The molecular weight excluding hydrogens is 490 g/mol. The highest BCUT2D eigenvalue weighted by Gasteiger charge is 2.24. The fraction of sp³-hybridized carbons (Fsp3) is 0.280. The van der Waals surface area contributed by atoms with Gasteiger partial charge in [0.15, 0.2) is 4.34 Å². The second-order valence-electron chi connectivity index (χ2n) is 7.76. The third kappa shape index (κ3) is 4.85. The number of nitrogens with zero attached hydrogens (tertiary/aromatic N) is 2. The quantitative estimate of drug-likeness (QED) is 0.201. The van der Waals surface area contributed by atoms with Gasteiger partial charge in [0.2, 0.25) is 0 Å². The van der Waals surface area contributed by atoms with Crippen LogP contribution >= 0.6 is 46.0 Å². The predicted octanol–water partition coefficient (Wildman–Crippen LogP) is 8.06. The maximum atomic E-state index is 9.91. The molecular formula is C25H22ClN3OS3. The molecule has 0 amide bonds. The van der Waals surface area contributed by atoms with E-state index in [2.05, 4.69) is 11.4 Å². The largest absolute Gasteiger partial charge is 0.494 e. The van der Waals surface area contributed by atoms with Crippen molar-refractivity contribution < 1.29 is 4.74 Å². The van der Waals surface area contributed by atoms with Crippen molar-refractivity contribution in [1.29, 1.82) is 5.26 Å². The summed E-state index contributed by atoms with van der Waals surface area (Å²) in [6.45, 7) is 2.62. The van der Waals surface area contributed by atoms with Crippen LogP contribution in [-0.4, -0.2) is 11.6 Å². The van der Waals surface area contributed by atoms with Crippen molar-refractivity contribution in [2.75, 3.05) is 11.9 Å². The number of thioether (sulfide) groups is 1. The number of halogens is 1. The number of thiazole rings is 1. The lowest BCUT2D eigenvalue weighted by Gasteiger charge is -2.18. The first-order chi connectivity index (χ1) is 16.1. The fourth-order valence-electron chi connectivity index (χ4n) is 4.01. The van der Waals surface area contributed by atoms with Crippen LogP contribution in [0.15, 0.2) is 46.8 Å². The van der Waals surface area contributed by atoms with Crippen LogP contribution in [-0.2, 0) is 12.8 Å². The molecule has 5 rings (SSSR count). The highest BCUT2D eigenvalue weighted by atomic mass is 35.5. The molecule has 1 atom stereocenters. The number of aromatic nitrogens is 1. The molecule has 33 heavy (non-hydrogen) atoms. The lowest BCUT2D eigenvalue weighted by Crippen LogP contribution is -2.07. The van der Waals surface area contributed by atoms with Crippen molar-refractivity contribution >= 4 is 61.3 Å². The van der Waals surface area contributed by atoms with Crippen LogP contribution in [0.3, 0.4) is 0 Å². The maximum Gasteiger partial charge on any atom is 0.153 e. The Labute approximate surface area is 210 Å². The number of thiophene rings is 1. The Morgan fingerprint density at radius 3 is 2.79 bits per heavy atom. The summed E-state index contributed by atoms with van der Waals surface area (Å²) < 4.78 is 7.71. The topological polar surface area (TPSA) is 57.9 Å². The van der Waals surface area contributed by atoms with Gasteiger partial charge in [-0.1, -0.05) is 35.5 Å². The van der Waals surface area contributed by atoms with E-state index in [4.69, 9.17) is 21.3 Å². The smallest absolute Gasteiger partial charge is 0.153 e. The van der Waals surface area contributed by atoms with Gasteiger partial charge in [-0.3, -0.25) is 0 Å². The highest BCUT2D eigenvalue weighted by Crippen LogP contribution is 2.44. The number of nitriles is 1. The van der Waals surface area contributed by atoms with Gasteiger partial charge in [0.25, 0.3) is 0 Å². The Morgan fingerprint density at radius 1 is 1.18 bits per heavy atom. The van der Waals surface area contributed by atoms with E-state index in [1.54, 1.807) is 34.4 Å². The van der Waals surface area contributed by atoms with E-state index in [0.717, 1.165) is 55.7 Å². The molecule has 4 nitrogen and oxygen atoms in total. The van der Waals surface area contributed by atoms with Crippen LogP contribution in [0.1, 0.15) is 46.7 Å². The van der Waals surface area contributed by atoms with Gasteiger partial charge in [0.1, 0.15) is 22.2 Å². The number of fused-ring (bicyclic) bond motifs is 2. The van der Waals surface area contributed by atoms with E-state index in [9.17, 15) is 5.26 Å². The summed E-state index contributed by atoms with van der Waals surface area (Å²) >= 11 is 11.2. The molecule has 1 aliphatic carbocycles. The molecule has 0 saturated carbocycles. The number of rotatable bonds is 7. The first-order valence-corrected chi connectivity index (χ1v) is 13.8. The van der Waals surface area contributed by atoms with Crippen molar-refractivity contribution in [3.05, 3.63) is 69.1 Å². The second kappa shape index (κ2) is 9.94. The lowest BCUT2D eigenvalue weighted by molar-refractivity contribution is 0.341. The lowest BCUT2D eigenvalue weighted by atomic mass is 9.96. The first-order valence-electron chi connectivity index (χ1n) is 10.9. The standard InChI is InChI=1S/C25H22ClN3OS3/c1-2-30-17-11-12-20-22(13-17)32-25(28-20)33-23(15-7-9-16(26)10-8-15)29-24-19(14-27)18-5-3-4-6-21(18)31-24/h7-13,23,29H,2-6H2,1H3. The molecule has 168 valence electrons. The Kier molecular flexibility index (Phi) is 6.79. The molecule has 8 heteroatoms.